The highest BCUT2D eigenvalue weighted by atomic mass is 19.1. The maximum absolute atomic E-state index is 13.0. The lowest BCUT2D eigenvalue weighted by Crippen LogP contribution is -2.42. The molecule has 2 aromatic rings. The van der Waals surface area contributed by atoms with Gasteiger partial charge >= 0.3 is 0 Å². The lowest BCUT2D eigenvalue weighted by atomic mass is 9.90. The van der Waals surface area contributed by atoms with Gasteiger partial charge in [-0.2, -0.15) is 0 Å². The highest BCUT2D eigenvalue weighted by Crippen LogP contribution is 2.26. The summed E-state index contributed by atoms with van der Waals surface area (Å²) in [5.74, 6) is -0.105. The Balaban J connectivity index is 1.76. The molecule has 1 unspecified atom stereocenters. The Morgan fingerprint density at radius 1 is 1.05 bits per heavy atom. The summed E-state index contributed by atoms with van der Waals surface area (Å²) in [5, 5.41) is 0. The smallest absolute Gasteiger partial charge is 0.230 e. The summed E-state index contributed by atoms with van der Waals surface area (Å²) >= 11 is 0. The predicted molar refractivity (Wildman–Crippen MR) is 81.6 cm³/mol. The molecule has 21 heavy (non-hydrogen) atoms. The molecule has 108 valence electrons. The number of piperidine rings is 1. The second-order valence-electron chi connectivity index (χ2n) is 5.50. The maximum atomic E-state index is 13.0. The van der Waals surface area contributed by atoms with Crippen LogP contribution in [0.25, 0.3) is 0 Å². The van der Waals surface area contributed by atoms with Crippen molar-refractivity contribution in [1.29, 1.82) is 0 Å². The van der Waals surface area contributed by atoms with Crippen LogP contribution < -0.4 is 4.90 Å². The van der Waals surface area contributed by atoms with Crippen LogP contribution in [0.1, 0.15) is 18.4 Å². The lowest BCUT2D eigenvalue weighted by molar-refractivity contribution is -0.123. The van der Waals surface area contributed by atoms with Gasteiger partial charge in [0, 0.05) is 18.2 Å². The molecule has 0 bridgehead atoms. The van der Waals surface area contributed by atoms with Gasteiger partial charge in [-0.3, -0.25) is 4.79 Å². The first kappa shape index (κ1) is 13.8. The zero-order chi connectivity index (χ0) is 14.7. The summed E-state index contributed by atoms with van der Waals surface area (Å²) < 4.78 is 13.0. The van der Waals surface area contributed by atoms with Crippen LogP contribution in [0.5, 0.6) is 0 Å². The Morgan fingerprint density at radius 3 is 2.48 bits per heavy atom. The first-order valence-corrected chi connectivity index (χ1v) is 7.35. The number of benzene rings is 2. The van der Waals surface area contributed by atoms with Crippen LogP contribution in [0.3, 0.4) is 0 Å². The molecule has 2 nitrogen and oxygen atoms in total. The van der Waals surface area contributed by atoms with Gasteiger partial charge in [-0.05, 0) is 49.1 Å². The molecule has 0 radical (unpaired) electrons. The fourth-order valence-corrected chi connectivity index (χ4v) is 2.92. The molecule has 3 heteroatoms. The molecule has 1 heterocycles. The van der Waals surface area contributed by atoms with Gasteiger partial charge in [-0.25, -0.2) is 4.39 Å². The van der Waals surface area contributed by atoms with Crippen LogP contribution >= 0.6 is 0 Å². The van der Waals surface area contributed by atoms with Crippen molar-refractivity contribution in [1.82, 2.24) is 0 Å². The molecule has 0 N–H and O–H groups in total. The normalized spacial score (nSPS) is 18.8. The molecule has 1 aliphatic rings. The van der Waals surface area contributed by atoms with Gasteiger partial charge in [0.15, 0.2) is 0 Å². The SMILES string of the molecule is O=C1C(Cc2ccccc2)CCCN1c1ccc(F)cc1. The van der Waals surface area contributed by atoms with Crippen LogP contribution in [-0.4, -0.2) is 12.5 Å². The fourth-order valence-electron chi connectivity index (χ4n) is 2.92. The molecule has 0 aromatic heterocycles. The van der Waals surface area contributed by atoms with E-state index in [1.807, 2.05) is 18.2 Å². The Kier molecular flexibility index (Phi) is 4.00. The van der Waals surface area contributed by atoms with Crippen LogP contribution in [0.4, 0.5) is 10.1 Å². The number of carbonyl (C=O) groups is 1. The number of nitrogens with zero attached hydrogens (tertiary/aromatic N) is 1. The summed E-state index contributed by atoms with van der Waals surface area (Å²) in [4.78, 5) is 14.4. The third-order valence-corrected chi connectivity index (χ3v) is 4.01. The summed E-state index contributed by atoms with van der Waals surface area (Å²) in [5.41, 5.74) is 1.98. The summed E-state index contributed by atoms with van der Waals surface area (Å²) in [6, 6.07) is 16.3. The molecule has 3 rings (SSSR count). The van der Waals surface area contributed by atoms with E-state index in [9.17, 15) is 9.18 Å². The van der Waals surface area contributed by atoms with Crippen LogP contribution in [0.15, 0.2) is 54.6 Å². The van der Waals surface area contributed by atoms with Crippen molar-refractivity contribution >= 4 is 11.6 Å². The molecular formula is C18H18FNO. The number of rotatable bonds is 3. The number of anilines is 1. The van der Waals surface area contributed by atoms with Crippen molar-refractivity contribution in [2.75, 3.05) is 11.4 Å². The van der Waals surface area contributed by atoms with Gasteiger partial charge in [0.05, 0.1) is 0 Å². The van der Waals surface area contributed by atoms with E-state index in [4.69, 9.17) is 0 Å². The number of amides is 1. The van der Waals surface area contributed by atoms with E-state index in [0.717, 1.165) is 31.5 Å². The topological polar surface area (TPSA) is 20.3 Å². The van der Waals surface area contributed by atoms with Crippen LogP contribution in [0, 0.1) is 11.7 Å². The van der Waals surface area contributed by atoms with E-state index in [2.05, 4.69) is 12.1 Å². The Bertz CT molecular complexity index is 609. The van der Waals surface area contributed by atoms with Gasteiger partial charge in [0.25, 0.3) is 0 Å². The molecule has 1 fully saturated rings. The zero-order valence-electron chi connectivity index (χ0n) is 11.8. The number of hydrogen-bond acceptors (Lipinski definition) is 1. The highest BCUT2D eigenvalue weighted by Gasteiger charge is 2.29. The first-order chi connectivity index (χ1) is 10.2. The van der Waals surface area contributed by atoms with Crippen LogP contribution in [-0.2, 0) is 11.2 Å². The largest absolute Gasteiger partial charge is 0.312 e. The lowest BCUT2D eigenvalue weighted by Gasteiger charge is -2.32. The minimum absolute atomic E-state index is 0.0196. The van der Waals surface area contributed by atoms with E-state index in [1.54, 1.807) is 17.0 Å². The second-order valence-corrected chi connectivity index (χ2v) is 5.50. The molecular weight excluding hydrogens is 265 g/mol. The summed E-state index contributed by atoms with van der Waals surface area (Å²) in [7, 11) is 0. The predicted octanol–water partition coefficient (Wildman–Crippen LogP) is 3.81. The van der Waals surface area contributed by atoms with Crippen molar-refractivity contribution in [2.45, 2.75) is 19.3 Å². The second kappa shape index (κ2) is 6.08. The zero-order valence-corrected chi connectivity index (χ0v) is 11.8. The standard InChI is InChI=1S/C18H18FNO/c19-16-8-10-17(11-9-16)20-12-4-7-15(18(20)21)13-14-5-2-1-3-6-14/h1-3,5-6,8-11,15H,4,7,12-13H2. The van der Waals surface area contributed by atoms with Gasteiger partial charge in [-0.1, -0.05) is 30.3 Å². The van der Waals surface area contributed by atoms with Crippen molar-refractivity contribution in [2.24, 2.45) is 5.92 Å². The van der Waals surface area contributed by atoms with Crippen molar-refractivity contribution in [3.8, 4) is 0 Å². The first-order valence-electron chi connectivity index (χ1n) is 7.35. The van der Waals surface area contributed by atoms with E-state index < -0.39 is 0 Å². The molecule has 1 aliphatic heterocycles. The Hall–Kier alpha value is -2.16. The molecule has 2 aromatic carbocycles. The van der Waals surface area contributed by atoms with Gasteiger partial charge in [-0.15, -0.1) is 0 Å². The van der Waals surface area contributed by atoms with Crippen LogP contribution in [0.2, 0.25) is 0 Å². The summed E-state index contributed by atoms with van der Waals surface area (Å²) in [6.45, 7) is 0.718. The molecule has 0 spiro atoms. The number of halogens is 1. The monoisotopic (exact) mass is 283 g/mol. The van der Waals surface area contributed by atoms with E-state index in [-0.39, 0.29) is 17.6 Å². The van der Waals surface area contributed by atoms with Gasteiger partial charge in [0.1, 0.15) is 5.82 Å². The fraction of sp³-hybridized carbons (Fsp3) is 0.278. The Morgan fingerprint density at radius 2 is 1.76 bits per heavy atom. The maximum Gasteiger partial charge on any atom is 0.230 e. The number of hydrogen-bond donors (Lipinski definition) is 0. The average molecular weight is 283 g/mol. The van der Waals surface area contributed by atoms with E-state index >= 15 is 0 Å². The van der Waals surface area contributed by atoms with Crippen molar-refractivity contribution in [3.63, 3.8) is 0 Å². The van der Waals surface area contributed by atoms with E-state index in [0.29, 0.717) is 0 Å². The molecule has 0 aliphatic carbocycles. The molecule has 0 saturated carbocycles. The van der Waals surface area contributed by atoms with E-state index in [1.165, 1.54) is 17.7 Å². The third-order valence-electron chi connectivity index (χ3n) is 4.01. The highest BCUT2D eigenvalue weighted by molar-refractivity contribution is 5.95. The van der Waals surface area contributed by atoms with Crippen molar-refractivity contribution in [3.05, 3.63) is 66.0 Å². The van der Waals surface area contributed by atoms with Crippen molar-refractivity contribution < 1.29 is 9.18 Å². The minimum Gasteiger partial charge on any atom is -0.312 e. The molecule has 1 saturated heterocycles. The molecule has 1 atom stereocenters. The minimum atomic E-state index is -0.274. The van der Waals surface area contributed by atoms with Gasteiger partial charge < -0.3 is 4.90 Å². The Labute approximate surface area is 124 Å². The quantitative estimate of drug-likeness (QED) is 0.838. The van der Waals surface area contributed by atoms with Gasteiger partial charge in [0.2, 0.25) is 5.91 Å². The average Bonchev–Trinajstić information content (AvgIpc) is 2.52. The summed E-state index contributed by atoms with van der Waals surface area (Å²) in [6.07, 6.45) is 2.68. The number of carbonyl (C=O) groups excluding carboxylic acids is 1. The third kappa shape index (κ3) is 3.13. The molecule has 1 amide bonds.